The molecule has 0 saturated carbocycles. The number of hydrogen-bond donors (Lipinski definition) is 1. The first kappa shape index (κ1) is 11.1. The van der Waals surface area contributed by atoms with E-state index >= 15 is 0 Å². The van der Waals surface area contributed by atoms with Crippen LogP contribution in [0.4, 0.5) is 0 Å². The van der Waals surface area contributed by atoms with Gasteiger partial charge in [0.25, 0.3) is 0 Å². The summed E-state index contributed by atoms with van der Waals surface area (Å²) < 4.78 is 0. The molecule has 0 aliphatic rings. The highest BCUT2D eigenvalue weighted by atomic mass is 15.6. The third kappa shape index (κ3) is 4.32. The van der Waals surface area contributed by atoms with E-state index in [1.54, 1.807) is 7.05 Å². The molecule has 0 amide bonds. The van der Waals surface area contributed by atoms with Crippen LogP contribution in [0.5, 0.6) is 0 Å². The predicted molar refractivity (Wildman–Crippen MR) is 54.9 cm³/mol. The lowest BCUT2D eigenvalue weighted by Gasteiger charge is -2.00. The highest BCUT2D eigenvalue weighted by Gasteiger charge is 1.98. The van der Waals surface area contributed by atoms with Crippen molar-refractivity contribution >= 4 is 0 Å². The Morgan fingerprint density at radius 2 is 2.14 bits per heavy atom. The largest absolute Gasteiger partial charge is 0.317 e. The van der Waals surface area contributed by atoms with Crippen LogP contribution in [0, 0.1) is 0 Å². The van der Waals surface area contributed by atoms with Crippen molar-refractivity contribution in [3.05, 3.63) is 5.82 Å². The Morgan fingerprint density at radius 1 is 1.29 bits per heavy atom. The summed E-state index contributed by atoms with van der Waals surface area (Å²) in [6.07, 6.45) is 4.44. The first-order chi connectivity index (χ1) is 6.83. The molecule has 5 heteroatoms. The number of nitrogens with one attached hydrogen (secondary N) is 1. The van der Waals surface area contributed by atoms with Gasteiger partial charge in [-0.2, -0.15) is 4.80 Å². The topological polar surface area (TPSA) is 55.6 Å². The minimum atomic E-state index is 0.850. The van der Waals surface area contributed by atoms with E-state index < -0.39 is 0 Å². The monoisotopic (exact) mass is 197 g/mol. The third-order valence-corrected chi connectivity index (χ3v) is 1.98. The molecular weight excluding hydrogens is 178 g/mol. The van der Waals surface area contributed by atoms with E-state index in [0.717, 1.165) is 31.8 Å². The van der Waals surface area contributed by atoms with E-state index in [2.05, 4.69) is 27.7 Å². The van der Waals surface area contributed by atoms with E-state index in [4.69, 9.17) is 0 Å². The molecule has 1 rings (SSSR count). The number of rotatable bonds is 7. The van der Waals surface area contributed by atoms with E-state index in [1.165, 1.54) is 17.6 Å². The number of unbranched alkanes of at least 4 members (excludes halogenated alkanes) is 1. The molecule has 0 bridgehead atoms. The second-order valence-corrected chi connectivity index (χ2v) is 3.40. The quantitative estimate of drug-likeness (QED) is 0.648. The minimum absolute atomic E-state index is 0.850. The van der Waals surface area contributed by atoms with E-state index in [1.807, 2.05) is 0 Å². The maximum Gasteiger partial charge on any atom is 0.174 e. The van der Waals surface area contributed by atoms with Gasteiger partial charge in [-0.25, -0.2) is 0 Å². The highest BCUT2D eigenvalue weighted by Crippen LogP contribution is 1.96. The first-order valence-electron chi connectivity index (χ1n) is 5.26. The Balaban J connectivity index is 1.99. The first-order valence-corrected chi connectivity index (χ1v) is 5.26. The van der Waals surface area contributed by atoms with Gasteiger partial charge in [-0.1, -0.05) is 6.92 Å². The van der Waals surface area contributed by atoms with Gasteiger partial charge in [-0.05, 0) is 37.6 Å². The fourth-order valence-electron chi connectivity index (χ4n) is 1.26. The average Bonchev–Trinajstić information content (AvgIpc) is 2.58. The lowest BCUT2D eigenvalue weighted by atomic mass is 10.2. The molecule has 0 saturated heterocycles. The zero-order valence-corrected chi connectivity index (χ0v) is 9.03. The van der Waals surface area contributed by atoms with Gasteiger partial charge in [0.05, 0.1) is 7.05 Å². The Kier molecular flexibility index (Phi) is 5.14. The Bertz CT molecular complexity index is 245. The van der Waals surface area contributed by atoms with Gasteiger partial charge in [0.15, 0.2) is 5.82 Å². The Labute approximate surface area is 84.9 Å². The van der Waals surface area contributed by atoms with Gasteiger partial charge in [-0.3, -0.25) is 0 Å². The average molecular weight is 197 g/mol. The molecule has 1 heterocycles. The van der Waals surface area contributed by atoms with Crippen LogP contribution in [0.1, 0.15) is 32.0 Å². The number of nitrogens with zero attached hydrogens (tertiary/aromatic N) is 4. The van der Waals surface area contributed by atoms with Crippen LogP contribution >= 0.6 is 0 Å². The van der Waals surface area contributed by atoms with Crippen LogP contribution in [-0.2, 0) is 13.5 Å². The summed E-state index contributed by atoms with van der Waals surface area (Å²) in [5, 5.41) is 15.2. The third-order valence-electron chi connectivity index (χ3n) is 1.98. The van der Waals surface area contributed by atoms with Gasteiger partial charge in [-0.15, -0.1) is 10.2 Å². The van der Waals surface area contributed by atoms with Crippen LogP contribution in [0.25, 0.3) is 0 Å². The molecule has 1 N–H and O–H groups in total. The smallest absolute Gasteiger partial charge is 0.174 e. The van der Waals surface area contributed by atoms with Crippen molar-refractivity contribution in [3.8, 4) is 0 Å². The molecule has 14 heavy (non-hydrogen) atoms. The van der Waals surface area contributed by atoms with Gasteiger partial charge in [0.1, 0.15) is 0 Å². The molecule has 0 fully saturated rings. The molecule has 0 aliphatic heterocycles. The van der Waals surface area contributed by atoms with Crippen molar-refractivity contribution in [1.82, 2.24) is 25.5 Å². The number of aryl methyl sites for hydroxylation is 2. The molecule has 1 aromatic heterocycles. The molecule has 0 unspecified atom stereocenters. The lowest BCUT2D eigenvalue weighted by Crippen LogP contribution is -2.15. The maximum atomic E-state index is 4.12. The van der Waals surface area contributed by atoms with Crippen LogP contribution in [0.2, 0.25) is 0 Å². The Morgan fingerprint density at radius 3 is 2.79 bits per heavy atom. The fourth-order valence-corrected chi connectivity index (χ4v) is 1.26. The zero-order chi connectivity index (χ0) is 10.2. The summed E-state index contributed by atoms with van der Waals surface area (Å²) in [5.41, 5.74) is 0. The van der Waals surface area contributed by atoms with Crippen LogP contribution in [0.15, 0.2) is 0 Å². The molecule has 0 aliphatic carbocycles. The standard InChI is InChI=1S/C9H19N5/c1-3-7-10-8-5-4-6-9-11-13-14(2)12-9/h10H,3-8H2,1-2H3. The van der Waals surface area contributed by atoms with Crippen LogP contribution in [0.3, 0.4) is 0 Å². The fraction of sp³-hybridized carbons (Fsp3) is 0.889. The molecule has 0 spiro atoms. The van der Waals surface area contributed by atoms with Crippen molar-refractivity contribution in [3.63, 3.8) is 0 Å². The summed E-state index contributed by atoms with van der Waals surface area (Å²) in [7, 11) is 1.79. The normalized spacial score (nSPS) is 10.7. The van der Waals surface area contributed by atoms with Crippen LogP contribution < -0.4 is 5.32 Å². The molecule has 80 valence electrons. The van der Waals surface area contributed by atoms with Crippen LogP contribution in [-0.4, -0.2) is 33.3 Å². The molecule has 0 aromatic carbocycles. The van der Waals surface area contributed by atoms with Gasteiger partial charge in [0.2, 0.25) is 0 Å². The number of tetrazole rings is 1. The van der Waals surface area contributed by atoms with Crippen molar-refractivity contribution in [2.75, 3.05) is 13.1 Å². The zero-order valence-electron chi connectivity index (χ0n) is 9.03. The van der Waals surface area contributed by atoms with Crippen molar-refractivity contribution in [2.45, 2.75) is 32.6 Å². The Hall–Kier alpha value is -0.970. The number of aromatic nitrogens is 4. The summed E-state index contributed by atoms with van der Waals surface area (Å²) in [5.74, 6) is 0.850. The number of hydrogen-bond acceptors (Lipinski definition) is 4. The molecule has 0 atom stereocenters. The molecule has 1 aromatic rings. The molecule has 5 nitrogen and oxygen atoms in total. The summed E-state index contributed by atoms with van der Waals surface area (Å²) in [6, 6.07) is 0. The van der Waals surface area contributed by atoms with E-state index in [0.29, 0.717) is 0 Å². The lowest BCUT2D eigenvalue weighted by molar-refractivity contribution is 0.605. The highest BCUT2D eigenvalue weighted by molar-refractivity contribution is 4.76. The SMILES string of the molecule is CCCNCCCCc1nnn(C)n1. The maximum absolute atomic E-state index is 4.12. The minimum Gasteiger partial charge on any atom is -0.317 e. The summed E-state index contributed by atoms with van der Waals surface area (Å²) >= 11 is 0. The van der Waals surface area contributed by atoms with Crippen molar-refractivity contribution in [1.29, 1.82) is 0 Å². The molecule has 0 radical (unpaired) electrons. The second kappa shape index (κ2) is 6.48. The van der Waals surface area contributed by atoms with Crippen molar-refractivity contribution in [2.24, 2.45) is 7.05 Å². The van der Waals surface area contributed by atoms with E-state index in [-0.39, 0.29) is 0 Å². The van der Waals surface area contributed by atoms with Crippen molar-refractivity contribution < 1.29 is 0 Å². The summed E-state index contributed by atoms with van der Waals surface area (Å²) in [4.78, 5) is 1.50. The van der Waals surface area contributed by atoms with Gasteiger partial charge in [0, 0.05) is 6.42 Å². The second-order valence-electron chi connectivity index (χ2n) is 3.40. The molecular formula is C9H19N5. The predicted octanol–water partition coefficient (Wildman–Crippen LogP) is 0.532. The van der Waals surface area contributed by atoms with E-state index in [9.17, 15) is 0 Å². The summed E-state index contributed by atoms with van der Waals surface area (Å²) in [6.45, 7) is 4.38. The van der Waals surface area contributed by atoms with Gasteiger partial charge < -0.3 is 5.32 Å². The van der Waals surface area contributed by atoms with Gasteiger partial charge >= 0.3 is 0 Å².